The van der Waals surface area contributed by atoms with Crippen LogP contribution < -0.4 is 5.32 Å². The van der Waals surface area contributed by atoms with Gasteiger partial charge in [-0.05, 0) is 49.8 Å². The van der Waals surface area contributed by atoms with Crippen LogP contribution in [0.5, 0.6) is 0 Å². The van der Waals surface area contributed by atoms with Gasteiger partial charge in [0.1, 0.15) is 5.82 Å². The van der Waals surface area contributed by atoms with Crippen molar-refractivity contribution in [2.24, 2.45) is 0 Å². The topological polar surface area (TPSA) is 18.5 Å². The summed E-state index contributed by atoms with van der Waals surface area (Å²) in [6.07, 6.45) is 1.19. The zero-order chi connectivity index (χ0) is 14.5. The number of nitrogens with one attached hydrogen (secondary N) is 1. The molecule has 1 fully saturated rings. The third kappa shape index (κ3) is 3.90. The summed E-state index contributed by atoms with van der Waals surface area (Å²) < 4.78 is 13.5. The molecule has 1 aromatic carbocycles. The monoisotopic (exact) mass is 295 g/mol. The van der Waals surface area contributed by atoms with Crippen LogP contribution in [0.3, 0.4) is 0 Å². The summed E-state index contributed by atoms with van der Waals surface area (Å²) in [4.78, 5) is 4.60. The predicted molar refractivity (Wildman–Crippen MR) is 85.7 cm³/mol. The van der Waals surface area contributed by atoms with Gasteiger partial charge in [-0.25, -0.2) is 4.39 Å². The molecule has 1 heterocycles. The SMILES string of the molecule is CCCN1CCN(C(=S)Nc2ccc(C)c(F)c2)CC1. The maximum absolute atomic E-state index is 13.5. The van der Waals surface area contributed by atoms with E-state index in [2.05, 4.69) is 22.0 Å². The molecule has 0 bridgehead atoms. The standard InChI is InChI=1S/C15H22FN3S/c1-3-6-18-7-9-19(10-8-18)15(20)17-13-5-4-12(2)14(16)11-13/h4-5,11H,3,6-10H2,1-2H3,(H,17,20). The largest absolute Gasteiger partial charge is 0.346 e. The van der Waals surface area contributed by atoms with Crippen molar-refractivity contribution in [1.29, 1.82) is 0 Å². The van der Waals surface area contributed by atoms with Gasteiger partial charge in [0.05, 0.1) is 0 Å². The van der Waals surface area contributed by atoms with Gasteiger partial charge < -0.3 is 10.2 Å². The maximum atomic E-state index is 13.5. The van der Waals surface area contributed by atoms with Crippen LogP contribution in [0.15, 0.2) is 18.2 Å². The Hall–Kier alpha value is -1.20. The van der Waals surface area contributed by atoms with Gasteiger partial charge >= 0.3 is 0 Å². The first-order chi connectivity index (χ1) is 9.60. The fourth-order valence-electron chi connectivity index (χ4n) is 2.36. The summed E-state index contributed by atoms with van der Waals surface area (Å²) in [5.74, 6) is -0.203. The van der Waals surface area contributed by atoms with Gasteiger partial charge in [0.25, 0.3) is 0 Å². The molecule has 2 rings (SSSR count). The molecule has 0 atom stereocenters. The zero-order valence-corrected chi connectivity index (χ0v) is 13.0. The van der Waals surface area contributed by atoms with Crippen molar-refractivity contribution >= 4 is 23.0 Å². The smallest absolute Gasteiger partial charge is 0.173 e. The van der Waals surface area contributed by atoms with Crippen molar-refractivity contribution in [2.45, 2.75) is 20.3 Å². The van der Waals surface area contributed by atoms with Gasteiger partial charge in [0.15, 0.2) is 5.11 Å². The molecule has 0 aromatic heterocycles. The van der Waals surface area contributed by atoms with Crippen LogP contribution in [-0.2, 0) is 0 Å². The van der Waals surface area contributed by atoms with E-state index in [1.807, 2.05) is 6.07 Å². The lowest BCUT2D eigenvalue weighted by Crippen LogP contribution is -2.49. The van der Waals surface area contributed by atoms with Crippen molar-refractivity contribution in [3.63, 3.8) is 0 Å². The lowest BCUT2D eigenvalue weighted by atomic mass is 10.2. The molecule has 5 heteroatoms. The van der Waals surface area contributed by atoms with E-state index in [-0.39, 0.29) is 5.82 Å². The number of halogens is 1. The first kappa shape index (κ1) is 15.2. The van der Waals surface area contributed by atoms with Crippen LogP contribution in [0.25, 0.3) is 0 Å². The molecule has 110 valence electrons. The Morgan fingerprint density at radius 2 is 2.00 bits per heavy atom. The minimum absolute atomic E-state index is 0.203. The Bertz CT molecular complexity index is 470. The summed E-state index contributed by atoms with van der Waals surface area (Å²) in [6.45, 7) is 9.04. The fourth-order valence-corrected chi connectivity index (χ4v) is 2.66. The number of nitrogens with zero attached hydrogens (tertiary/aromatic N) is 2. The summed E-state index contributed by atoms with van der Waals surface area (Å²) in [6, 6.07) is 5.12. The second-order valence-electron chi connectivity index (χ2n) is 5.22. The molecular weight excluding hydrogens is 273 g/mol. The number of benzene rings is 1. The summed E-state index contributed by atoms with van der Waals surface area (Å²) >= 11 is 5.41. The van der Waals surface area contributed by atoms with Crippen molar-refractivity contribution in [3.8, 4) is 0 Å². The highest BCUT2D eigenvalue weighted by molar-refractivity contribution is 7.80. The molecule has 0 radical (unpaired) electrons. The summed E-state index contributed by atoms with van der Waals surface area (Å²) in [7, 11) is 0. The normalized spacial score (nSPS) is 16.2. The minimum Gasteiger partial charge on any atom is -0.346 e. The van der Waals surface area contributed by atoms with E-state index in [0.29, 0.717) is 16.4 Å². The van der Waals surface area contributed by atoms with E-state index in [4.69, 9.17) is 12.2 Å². The molecular formula is C15H22FN3S. The average Bonchev–Trinajstić information content (AvgIpc) is 2.44. The maximum Gasteiger partial charge on any atom is 0.173 e. The Morgan fingerprint density at radius 1 is 1.30 bits per heavy atom. The Kier molecular flexibility index (Phi) is 5.31. The second kappa shape index (κ2) is 6.99. The van der Waals surface area contributed by atoms with E-state index in [1.165, 1.54) is 12.5 Å². The van der Waals surface area contributed by atoms with Crippen LogP contribution in [0.1, 0.15) is 18.9 Å². The zero-order valence-electron chi connectivity index (χ0n) is 12.2. The number of hydrogen-bond donors (Lipinski definition) is 1. The quantitative estimate of drug-likeness (QED) is 0.864. The van der Waals surface area contributed by atoms with Gasteiger partial charge in [-0.3, -0.25) is 4.90 Å². The first-order valence-electron chi connectivity index (χ1n) is 7.14. The highest BCUT2D eigenvalue weighted by Gasteiger charge is 2.18. The number of anilines is 1. The molecule has 20 heavy (non-hydrogen) atoms. The lowest BCUT2D eigenvalue weighted by molar-refractivity contribution is 0.184. The number of piperazine rings is 1. The van der Waals surface area contributed by atoms with Gasteiger partial charge in [-0.15, -0.1) is 0 Å². The Morgan fingerprint density at radius 3 is 2.60 bits per heavy atom. The molecule has 0 amide bonds. The molecule has 1 aromatic rings. The number of hydrogen-bond acceptors (Lipinski definition) is 2. The number of aryl methyl sites for hydroxylation is 1. The number of rotatable bonds is 3. The third-order valence-corrected chi connectivity index (χ3v) is 3.98. The first-order valence-corrected chi connectivity index (χ1v) is 7.55. The van der Waals surface area contributed by atoms with Gasteiger partial charge in [0, 0.05) is 31.9 Å². The molecule has 0 aliphatic carbocycles. The van der Waals surface area contributed by atoms with E-state index >= 15 is 0 Å². The molecule has 0 saturated carbocycles. The van der Waals surface area contributed by atoms with Crippen LogP contribution in [0.4, 0.5) is 10.1 Å². The van der Waals surface area contributed by atoms with Crippen LogP contribution in [0.2, 0.25) is 0 Å². The minimum atomic E-state index is -0.203. The molecule has 0 unspecified atom stereocenters. The van der Waals surface area contributed by atoms with Crippen LogP contribution >= 0.6 is 12.2 Å². The van der Waals surface area contributed by atoms with Gasteiger partial charge in [-0.2, -0.15) is 0 Å². The van der Waals surface area contributed by atoms with Crippen molar-refractivity contribution in [2.75, 3.05) is 38.0 Å². The highest BCUT2D eigenvalue weighted by atomic mass is 32.1. The molecule has 1 aliphatic heterocycles. The van der Waals surface area contributed by atoms with Crippen molar-refractivity contribution in [1.82, 2.24) is 9.80 Å². The molecule has 3 nitrogen and oxygen atoms in total. The second-order valence-corrected chi connectivity index (χ2v) is 5.61. The highest BCUT2D eigenvalue weighted by Crippen LogP contribution is 2.14. The van der Waals surface area contributed by atoms with E-state index in [0.717, 1.165) is 32.7 Å². The molecule has 1 N–H and O–H groups in total. The van der Waals surface area contributed by atoms with E-state index in [1.54, 1.807) is 13.0 Å². The summed E-state index contributed by atoms with van der Waals surface area (Å²) in [5, 5.41) is 3.81. The van der Waals surface area contributed by atoms with Crippen LogP contribution in [0, 0.1) is 12.7 Å². The van der Waals surface area contributed by atoms with Crippen molar-refractivity contribution < 1.29 is 4.39 Å². The average molecular weight is 295 g/mol. The molecule has 1 saturated heterocycles. The van der Waals surface area contributed by atoms with Gasteiger partial charge in [-0.1, -0.05) is 13.0 Å². The van der Waals surface area contributed by atoms with Crippen molar-refractivity contribution in [3.05, 3.63) is 29.6 Å². The number of thiocarbonyl (C=S) groups is 1. The molecule has 1 aliphatic rings. The van der Waals surface area contributed by atoms with E-state index < -0.39 is 0 Å². The molecule has 0 spiro atoms. The van der Waals surface area contributed by atoms with Gasteiger partial charge in [0.2, 0.25) is 0 Å². The summed E-state index contributed by atoms with van der Waals surface area (Å²) in [5.41, 5.74) is 1.36. The third-order valence-electron chi connectivity index (χ3n) is 3.62. The Labute approximate surface area is 125 Å². The van der Waals surface area contributed by atoms with Crippen LogP contribution in [-0.4, -0.2) is 47.6 Å². The lowest BCUT2D eigenvalue weighted by Gasteiger charge is -2.36. The predicted octanol–water partition coefficient (Wildman–Crippen LogP) is 2.86. The Balaban J connectivity index is 1.88. The fraction of sp³-hybridized carbons (Fsp3) is 0.533. The van der Waals surface area contributed by atoms with E-state index in [9.17, 15) is 4.39 Å².